The second-order valence-electron chi connectivity index (χ2n) is 8.91. The number of carbonyl (C=O) groups is 5. The van der Waals surface area contributed by atoms with Gasteiger partial charge in [0.2, 0.25) is 5.91 Å². The summed E-state index contributed by atoms with van der Waals surface area (Å²) in [4.78, 5) is 69.1. The molecule has 0 radical (unpaired) electrons. The summed E-state index contributed by atoms with van der Waals surface area (Å²) in [6, 6.07) is 7.77. The van der Waals surface area contributed by atoms with Crippen LogP contribution in [0.25, 0.3) is 0 Å². The number of piperidine rings is 1. The highest BCUT2D eigenvalue weighted by atomic mass is 16.7. The van der Waals surface area contributed by atoms with E-state index in [2.05, 4.69) is 6.58 Å². The van der Waals surface area contributed by atoms with E-state index in [9.17, 15) is 24.0 Å². The Labute approximate surface area is 202 Å². The van der Waals surface area contributed by atoms with Gasteiger partial charge in [0.25, 0.3) is 5.91 Å². The summed E-state index contributed by atoms with van der Waals surface area (Å²) in [5, 5.41) is 0.885. The SMILES string of the molecule is C=C1CCC(=O)N1OC(=O)CCC(=O)N1C2CCC1C(C(=O)OC)C(OC(=O)c1ccccc1)C2. The minimum Gasteiger partial charge on any atom is -0.469 e. The van der Waals surface area contributed by atoms with Crippen molar-refractivity contribution in [1.29, 1.82) is 0 Å². The Balaban J connectivity index is 1.40. The maximum Gasteiger partial charge on any atom is 0.338 e. The molecule has 35 heavy (non-hydrogen) atoms. The van der Waals surface area contributed by atoms with Gasteiger partial charge in [0.15, 0.2) is 0 Å². The van der Waals surface area contributed by atoms with Crippen LogP contribution >= 0.6 is 0 Å². The molecule has 4 atom stereocenters. The maximum atomic E-state index is 13.1. The van der Waals surface area contributed by atoms with Crippen molar-refractivity contribution in [2.24, 2.45) is 5.92 Å². The topological polar surface area (TPSA) is 120 Å². The summed E-state index contributed by atoms with van der Waals surface area (Å²) in [5.41, 5.74) is 0.778. The molecule has 1 aromatic carbocycles. The first-order valence-electron chi connectivity index (χ1n) is 11.7. The van der Waals surface area contributed by atoms with Gasteiger partial charge < -0.3 is 19.2 Å². The van der Waals surface area contributed by atoms with E-state index in [1.54, 1.807) is 35.2 Å². The Hall–Kier alpha value is -3.69. The van der Waals surface area contributed by atoms with Crippen molar-refractivity contribution < 1.29 is 38.3 Å². The Morgan fingerprint density at radius 3 is 2.46 bits per heavy atom. The highest BCUT2D eigenvalue weighted by molar-refractivity contribution is 5.90. The van der Waals surface area contributed by atoms with Crippen molar-refractivity contribution in [3.05, 3.63) is 48.2 Å². The number of hydrogen-bond donors (Lipinski definition) is 0. The number of fused-ring (bicyclic) bond motifs is 2. The van der Waals surface area contributed by atoms with Crippen LogP contribution in [0.1, 0.15) is 55.3 Å². The predicted molar refractivity (Wildman–Crippen MR) is 120 cm³/mol. The van der Waals surface area contributed by atoms with Gasteiger partial charge in [-0.1, -0.05) is 24.8 Å². The van der Waals surface area contributed by atoms with Crippen molar-refractivity contribution in [3.63, 3.8) is 0 Å². The van der Waals surface area contributed by atoms with Crippen LogP contribution in [0, 0.1) is 5.92 Å². The molecule has 2 amide bonds. The predicted octanol–water partition coefficient (Wildman–Crippen LogP) is 2.14. The van der Waals surface area contributed by atoms with Gasteiger partial charge in [0.05, 0.1) is 24.8 Å². The first-order valence-corrected chi connectivity index (χ1v) is 11.7. The minimum absolute atomic E-state index is 0.136. The van der Waals surface area contributed by atoms with Gasteiger partial charge in [0, 0.05) is 31.3 Å². The molecular weight excluding hydrogens is 456 g/mol. The molecule has 10 heteroatoms. The van der Waals surface area contributed by atoms with E-state index in [-0.39, 0.29) is 37.1 Å². The zero-order valence-corrected chi connectivity index (χ0v) is 19.5. The molecule has 1 aromatic rings. The smallest absolute Gasteiger partial charge is 0.338 e. The van der Waals surface area contributed by atoms with Gasteiger partial charge >= 0.3 is 17.9 Å². The summed E-state index contributed by atoms with van der Waals surface area (Å²) in [6.07, 6.45) is 1.07. The fourth-order valence-electron chi connectivity index (χ4n) is 5.13. The van der Waals surface area contributed by atoms with Gasteiger partial charge in [-0.3, -0.25) is 14.4 Å². The molecule has 3 fully saturated rings. The third kappa shape index (κ3) is 5.06. The second kappa shape index (κ2) is 10.3. The van der Waals surface area contributed by atoms with E-state index in [4.69, 9.17) is 14.3 Å². The monoisotopic (exact) mass is 484 g/mol. The van der Waals surface area contributed by atoms with Gasteiger partial charge in [0.1, 0.15) is 12.0 Å². The lowest BCUT2D eigenvalue weighted by atomic mass is 9.86. The largest absolute Gasteiger partial charge is 0.469 e. The number of esters is 2. The molecule has 2 bridgehead atoms. The molecule has 3 aliphatic rings. The molecule has 0 aliphatic carbocycles. The van der Waals surface area contributed by atoms with E-state index < -0.39 is 36.0 Å². The molecule has 3 saturated heterocycles. The Morgan fingerprint density at radius 2 is 1.80 bits per heavy atom. The number of nitrogens with zero attached hydrogens (tertiary/aromatic N) is 2. The number of methoxy groups -OCH3 is 1. The normalized spacial score (nSPS) is 25.4. The lowest BCUT2D eigenvalue weighted by molar-refractivity contribution is -0.187. The Morgan fingerprint density at radius 1 is 1.06 bits per heavy atom. The van der Waals surface area contributed by atoms with Crippen LogP contribution in [-0.2, 0) is 33.5 Å². The number of benzene rings is 1. The van der Waals surface area contributed by atoms with E-state index in [1.807, 2.05) is 0 Å². The number of ether oxygens (including phenoxy) is 2. The van der Waals surface area contributed by atoms with Crippen molar-refractivity contribution in [1.82, 2.24) is 9.96 Å². The summed E-state index contributed by atoms with van der Waals surface area (Å²) in [7, 11) is 1.26. The van der Waals surface area contributed by atoms with Crippen LogP contribution in [0.3, 0.4) is 0 Å². The molecule has 0 N–H and O–H groups in total. The van der Waals surface area contributed by atoms with E-state index in [0.717, 1.165) is 5.06 Å². The molecule has 3 heterocycles. The molecular formula is C25H28N2O8. The standard InChI is InChI=1S/C25H28N2O8/c1-15-8-11-21(29)27(15)35-22(30)13-12-20(28)26-17-9-10-18(26)23(25(32)33-2)19(14-17)34-24(31)16-6-4-3-5-7-16/h3-7,17-19,23H,1,8-14H2,2H3. The first-order chi connectivity index (χ1) is 16.8. The Bertz CT molecular complexity index is 1020. The highest BCUT2D eigenvalue weighted by Gasteiger charge is 2.53. The van der Waals surface area contributed by atoms with Crippen LogP contribution in [0.5, 0.6) is 0 Å². The van der Waals surface area contributed by atoms with Crippen LogP contribution in [0.2, 0.25) is 0 Å². The third-order valence-electron chi connectivity index (χ3n) is 6.77. The number of carbonyl (C=O) groups excluding carboxylic acids is 5. The van der Waals surface area contributed by atoms with E-state index >= 15 is 0 Å². The highest BCUT2D eigenvalue weighted by Crippen LogP contribution is 2.42. The van der Waals surface area contributed by atoms with Crippen molar-refractivity contribution in [3.8, 4) is 0 Å². The van der Waals surface area contributed by atoms with Crippen LogP contribution < -0.4 is 0 Å². The quantitative estimate of drug-likeness (QED) is 0.540. The number of rotatable bonds is 7. The zero-order valence-electron chi connectivity index (χ0n) is 19.5. The van der Waals surface area contributed by atoms with Gasteiger partial charge in [-0.2, -0.15) is 0 Å². The van der Waals surface area contributed by atoms with Gasteiger partial charge in [-0.25, -0.2) is 9.59 Å². The first kappa shape index (κ1) is 24.4. The number of amides is 2. The van der Waals surface area contributed by atoms with Crippen molar-refractivity contribution >= 4 is 29.7 Å². The molecule has 4 unspecified atom stereocenters. The van der Waals surface area contributed by atoms with E-state index in [1.165, 1.54) is 7.11 Å². The molecule has 4 rings (SSSR count). The fraction of sp³-hybridized carbons (Fsp3) is 0.480. The maximum absolute atomic E-state index is 13.1. The molecule has 0 aromatic heterocycles. The minimum atomic E-state index is -0.826. The summed E-state index contributed by atoms with van der Waals surface area (Å²) in [5.74, 6) is -3.27. The molecule has 186 valence electrons. The average molecular weight is 485 g/mol. The van der Waals surface area contributed by atoms with Gasteiger partial charge in [-0.15, -0.1) is 5.06 Å². The lowest BCUT2D eigenvalue weighted by Gasteiger charge is -2.42. The van der Waals surface area contributed by atoms with Crippen molar-refractivity contribution in [2.45, 2.75) is 63.1 Å². The van der Waals surface area contributed by atoms with Crippen LogP contribution in [-0.4, -0.2) is 65.0 Å². The molecule has 0 saturated carbocycles. The van der Waals surface area contributed by atoms with Crippen LogP contribution in [0.15, 0.2) is 42.6 Å². The number of allylic oxidation sites excluding steroid dienone is 1. The lowest BCUT2D eigenvalue weighted by Crippen LogP contribution is -2.57. The molecule has 0 spiro atoms. The third-order valence-corrected chi connectivity index (χ3v) is 6.77. The molecule has 3 aliphatic heterocycles. The Kier molecular flexibility index (Phi) is 7.18. The summed E-state index contributed by atoms with van der Waals surface area (Å²) >= 11 is 0. The summed E-state index contributed by atoms with van der Waals surface area (Å²) < 4.78 is 10.7. The second-order valence-corrected chi connectivity index (χ2v) is 8.91. The summed E-state index contributed by atoms with van der Waals surface area (Å²) in [6.45, 7) is 3.69. The number of hydrogen-bond acceptors (Lipinski definition) is 8. The van der Waals surface area contributed by atoms with Gasteiger partial charge in [-0.05, 0) is 31.4 Å². The van der Waals surface area contributed by atoms with Crippen LogP contribution in [0.4, 0.5) is 0 Å². The fourth-order valence-corrected chi connectivity index (χ4v) is 5.13. The zero-order chi connectivity index (χ0) is 25.1. The average Bonchev–Trinajstić information content (AvgIpc) is 3.35. The molecule has 10 nitrogen and oxygen atoms in total. The van der Waals surface area contributed by atoms with Crippen molar-refractivity contribution in [2.75, 3.05) is 7.11 Å². The number of hydroxylamine groups is 2. The van der Waals surface area contributed by atoms with E-state index in [0.29, 0.717) is 36.9 Å².